The van der Waals surface area contributed by atoms with Gasteiger partial charge < -0.3 is 25.6 Å². The van der Waals surface area contributed by atoms with Gasteiger partial charge >= 0.3 is 0 Å². The molecule has 0 aliphatic carbocycles. The summed E-state index contributed by atoms with van der Waals surface area (Å²) in [6.45, 7) is 10.7. The molecule has 2 aromatic carbocycles. The average molecular weight is 559 g/mol. The van der Waals surface area contributed by atoms with E-state index in [9.17, 15) is 18.8 Å². The number of carbonyl (C=O) groups excluding carboxylic acids is 3. The fourth-order valence-electron chi connectivity index (χ4n) is 3.89. The van der Waals surface area contributed by atoms with Crippen molar-refractivity contribution in [1.82, 2.24) is 20.9 Å². The maximum Gasteiger partial charge on any atom is 0.240 e. The fourth-order valence-corrected chi connectivity index (χ4v) is 3.89. The highest BCUT2D eigenvalue weighted by Crippen LogP contribution is 2.21. The highest BCUT2D eigenvalue weighted by molar-refractivity contribution is 5.89. The lowest BCUT2D eigenvalue weighted by atomic mass is 10.1. The van der Waals surface area contributed by atoms with Crippen molar-refractivity contribution in [2.45, 2.75) is 72.4 Å². The molecule has 9 heteroatoms. The molecule has 0 bridgehead atoms. The van der Waals surface area contributed by atoms with Crippen LogP contribution in [-0.4, -0.2) is 68.0 Å². The first kappa shape index (κ1) is 34.6. The maximum atomic E-state index is 12.8. The zero-order valence-electron chi connectivity index (χ0n) is 24.9. The quantitative estimate of drug-likeness (QED) is 0.517. The van der Waals surface area contributed by atoms with Crippen molar-refractivity contribution < 1.29 is 23.5 Å². The molecule has 40 heavy (non-hydrogen) atoms. The molecule has 8 nitrogen and oxygen atoms in total. The molecule has 0 spiro atoms. The topological polar surface area (TPSA) is 99.8 Å². The Bertz CT molecular complexity index is 1010. The second-order valence-electron chi connectivity index (χ2n) is 9.51. The van der Waals surface area contributed by atoms with E-state index in [4.69, 9.17) is 4.74 Å². The lowest BCUT2D eigenvalue weighted by molar-refractivity contribution is -0.136. The summed E-state index contributed by atoms with van der Waals surface area (Å²) < 4.78 is 18.2. The van der Waals surface area contributed by atoms with E-state index in [2.05, 4.69) is 16.0 Å². The van der Waals surface area contributed by atoms with E-state index in [0.29, 0.717) is 19.5 Å². The first-order valence-electron chi connectivity index (χ1n) is 14.2. The van der Waals surface area contributed by atoms with Gasteiger partial charge in [0, 0.05) is 20.1 Å². The predicted octanol–water partition coefficient (Wildman–Crippen LogP) is 4.01. The Morgan fingerprint density at radius 3 is 2.33 bits per heavy atom. The van der Waals surface area contributed by atoms with Gasteiger partial charge in [-0.2, -0.15) is 0 Å². The molecule has 222 valence electrons. The predicted molar refractivity (Wildman–Crippen MR) is 158 cm³/mol. The Hall–Kier alpha value is -3.46. The molecular formula is C31H47FN4O4. The molecule has 1 heterocycles. The normalized spacial score (nSPS) is 19.1. The van der Waals surface area contributed by atoms with Gasteiger partial charge in [-0.05, 0) is 56.9 Å². The van der Waals surface area contributed by atoms with Gasteiger partial charge in [0.15, 0.2) is 0 Å². The van der Waals surface area contributed by atoms with Gasteiger partial charge in [-0.1, -0.05) is 63.1 Å². The Kier molecular flexibility index (Phi) is 16.9. The molecule has 3 rings (SSSR count). The van der Waals surface area contributed by atoms with Crippen LogP contribution in [0, 0.1) is 12.7 Å². The number of hydrogen-bond donors (Lipinski definition) is 3. The minimum absolute atomic E-state index is 0.0898. The van der Waals surface area contributed by atoms with E-state index < -0.39 is 6.04 Å². The van der Waals surface area contributed by atoms with Gasteiger partial charge in [0.25, 0.3) is 0 Å². The van der Waals surface area contributed by atoms with E-state index in [1.165, 1.54) is 17.0 Å². The summed E-state index contributed by atoms with van der Waals surface area (Å²) in [7, 11) is 1.60. The number of ether oxygens (including phenoxy) is 1. The second-order valence-corrected chi connectivity index (χ2v) is 9.51. The van der Waals surface area contributed by atoms with Gasteiger partial charge in [-0.25, -0.2) is 4.39 Å². The molecule has 1 aliphatic rings. The maximum absolute atomic E-state index is 12.8. The first-order chi connectivity index (χ1) is 19.2. The minimum Gasteiger partial charge on any atom is -0.489 e. The fraction of sp³-hybridized carbons (Fsp3) is 0.516. The van der Waals surface area contributed by atoms with Crippen LogP contribution in [0.4, 0.5) is 4.39 Å². The molecule has 0 saturated heterocycles. The summed E-state index contributed by atoms with van der Waals surface area (Å²) in [5.41, 5.74) is 2.17. The number of nitrogens with zero attached hydrogens (tertiary/aromatic N) is 1. The third kappa shape index (κ3) is 13.6. The second kappa shape index (κ2) is 19.6. The summed E-state index contributed by atoms with van der Waals surface area (Å²) in [5, 5.41) is 8.67. The molecule has 1 aliphatic heterocycles. The molecule has 1 unspecified atom stereocenters. The third-order valence-electron chi connectivity index (χ3n) is 5.99. The number of hydrogen-bond acceptors (Lipinski definition) is 5. The first-order valence-corrected chi connectivity index (χ1v) is 14.2. The highest BCUT2D eigenvalue weighted by atomic mass is 19.1. The van der Waals surface area contributed by atoms with Crippen LogP contribution in [0.1, 0.15) is 58.1 Å². The molecule has 0 saturated carbocycles. The SMILES string of the molecule is CC.CCCC1NC[C@@H](C)Oc2ccccc2CCCNC(=O)CNC(=O)CN(C)C1=O.Cc1ccc(F)cc1. The number of aryl methyl sites for hydroxylation is 2. The van der Waals surface area contributed by atoms with Crippen LogP contribution in [-0.2, 0) is 20.8 Å². The summed E-state index contributed by atoms with van der Waals surface area (Å²) in [5.74, 6) is -0.104. The van der Waals surface area contributed by atoms with Crippen molar-refractivity contribution in [2.24, 2.45) is 0 Å². The number of fused-ring (bicyclic) bond motifs is 1. The summed E-state index contributed by atoms with van der Waals surface area (Å²) >= 11 is 0. The van der Waals surface area contributed by atoms with Crippen molar-refractivity contribution in [3.8, 4) is 5.75 Å². The Balaban J connectivity index is 0.000000675. The van der Waals surface area contributed by atoms with Gasteiger partial charge in [0.2, 0.25) is 17.7 Å². The largest absolute Gasteiger partial charge is 0.489 e. The average Bonchev–Trinajstić information content (AvgIpc) is 2.95. The van der Waals surface area contributed by atoms with Crippen molar-refractivity contribution in [3.05, 3.63) is 65.5 Å². The van der Waals surface area contributed by atoms with Crippen LogP contribution in [0.25, 0.3) is 0 Å². The molecular weight excluding hydrogens is 511 g/mol. The smallest absolute Gasteiger partial charge is 0.240 e. The Labute approximate surface area is 239 Å². The Morgan fingerprint density at radius 1 is 1.00 bits per heavy atom. The van der Waals surface area contributed by atoms with Crippen LogP contribution < -0.4 is 20.7 Å². The number of nitrogens with one attached hydrogen (secondary N) is 3. The van der Waals surface area contributed by atoms with Crippen molar-refractivity contribution in [3.63, 3.8) is 0 Å². The molecule has 0 radical (unpaired) electrons. The summed E-state index contributed by atoms with van der Waals surface area (Å²) in [6.07, 6.45) is 2.90. The minimum atomic E-state index is -0.392. The number of carbonyl (C=O) groups is 3. The van der Waals surface area contributed by atoms with Crippen LogP contribution in [0.2, 0.25) is 0 Å². The molecule has 0 fully saturated rings. The van der Waals surface area contributed by atoms with E-state index in [1.807, 2.05) is 58.9 Å². The summed E-state index contributed by atoms with van der Waals surface area (Å²) in [4.78, 5) is 38.3. The number of benzene rings is 2. The van der Waals surface area contributed by atoms with Gasteiger partial charge in [0.05, 0.1) is 19.1 Å². The van der Waals surface area contributed by atoms with E-state index >= 15 is 0 Å². The zero-order chi connectivity index (χ0) is 29.9. The Morgan fingerprint density at radius 2 is 1.68 bits per heavy atom. The lowest BCUT2D eigenvalue weighted by Gasteiger charge is -2.26. The molecule has 2 atom stereocenters. The molecule has 0 aromatic heterocycles. The molecule has 2 aromatic rings. The van der Waals surface area contributed by atoms with Gasteiger partial charge in [0.1, 0.15) is 17.7 Å². The van der Waals surface area contributed by atoms with Gasteiger partial charge in [-0.15, -0.1) is 0 Å². The van der Waals surface area contributed by atoms with Crippen LogP contribution in [0.5, 0.6) is 5.75 Å². The van der Waals surface area contributed by atoms with Crippen molar-refractivity contribution in [1.29, 1.82) is 0 Å². The molecule has 3 N–H and O–H groups in total. The van der Waals surface area contributed by atoms with E-state index in [-0.39, 0.29) is 42.7 Å². The van der Waals surface area contributed by atoms with E-state index in [1.54, 1.807) is 19.2 Å². The van der Waals surface area contributed by atoms with Crippen LogP contribution in [0.3, 0.4) is 0 Å². The van der Waals surface area contributed by atoms with E-state index in [0.717, 1.165) is 36.1 Å². The van der Waals surface area contributed by atoms with Gasteiger partial charge in [-0.3, -0.25) is 14.4 Å². The van der Waals surface area contributed by atoms with Crippen molar-refractivity contribution >= 4 is 17.7 Å². The molecule has 3 amide bonds. The van der Waals surface area contributed by atoms with Crippen molar-refractivity contribution in [2.75, 3.05) is 33.2 Å². The number of para-hydroxylation sites is 1. The van der Waals surface area contributed by atoms with Crippen LogP contribution in [0.15, 0.2) is 48.5 Å². The highest BCUT2D eigenvalue weighted by Gasteiger charge is 2.23. The third-order valence-corrected chi connectivity index (χ3v) is 5.99. The standard InChI is InChI=1S/C22H34N4O4.C7H7F.C2H6/c1-4-8-18-22(29)26(3)15-21(28)25-14-20(27)23-12-7-10-17-9-5-6-11-19(17)30-16(2)13-24-18;1-6-2-4-7(8)5-3-6;1-2/h5-6,9,11,16,18,24H,4,7-8,10,12-15H2,1-3H3,(H,23,27)(H,25,28);2-5H,1H3;1-2H3/t16-,18?;;/m1../s1. The number of amides is 3. The zero-order valence-corrected chi connectivity index (χ0v) is 24.9. The van der Waals surface area contributed by atoms with Crippen LogP contribution >= 0.6 is 0 Å². The number of rotatable bonds is 2. The number of likely N-dealkylation sites (N-methyl/N-ethyl adjacent to an activating group) is 1. The summed E-state index contributed by atoms with van der Waals surface area (Å²) in [6, 6.07) is 13.9. The number of halogens is 1. The lowest BCUT2D eigenvalue weighted by Crippen LogP contribution is -2.50. The monoisotopic (exact) mass is 558 g/mol.